The lowest BCUT2D eigenvalue weighted by Crippen LogP contribution is -2.57. The summed E-state index contributed by atoms with van der Waals surface area (Å²) in [4.78, 5) is 2.66. The first-order valence-electron chi connectivity index (χ1n) is 7.72. The maximum Gasteiger partial charge on any atom is 0.0593 e. The minimum atomic E-state index is 0.635. The lowest BCUT2D eigenvalue weighted by molar-refractivity contribution is 0.0571. The molecule has 2 aliphatic rings. The van der Waals surface area contributed by atoms with Gasteiger partial charge < -0.3 is 10.1 Å². The Labute approximate surface area is 112 Å². The van der Waals surface area contributed by atoms with Gasteiger partial charge in [0.1, 0.15) is 0 Å². The average Bonchev–Trinajstić information content (AvgIpc) is 3.12. The molecule has 106 valence electrons. The van der Waals surface area contributed by atoms with Crippen molar-refractivity contribution in [1.82, 2.24) is 10.2 Å². The van der Waals surface area contributed by atoms with Crippen LogP contribution >= 0.6 is 0 Å². The molecule has 2 unspecified atom stereocenters. The van der Waals surface area contributed by atoms with Crippen molar-refractivity contribution in [3.05, 3.63) is 0 Å². The van der Waals surface area contributed by atoms with Crippen LogP contribution in [0.25, 0.3) is 0 Å². The van der Waals surface area contributed by atoms with Crippen LogP contribution in [0.1, 0.15) is 40.0 Å². The van der Waals surface area contributed by atoms with Crippen LogP contribution in [0.4, 0.5) is 0 Å². The summed E-state index contributed by atoms with van der Waals surface area (Å²) < 4.78 is 5.77. The van der Waals surface area contributed by atoms with Crippen LogP contribution in [-0.2, 0) is 4.74 Å². The summed E-state index contributed by atoms with van der Waals surface area (Å²) in [5.41, 5.74) is 0. The fourth-order valence-electron chi connectivity index (χ4n) is 2.81. The number of hydrogen-bond donors (Lipinski definition) is 1. The van der Waals surface area contributed by atoms with Crippen molar-refractivity contribution >= 4 is 0 Å². The summed E-state index contributed by atoms with van der Waals surface area (Å²) in [6.07, 6.45) is 4.06. The normalized spacial score (nSPS) is 30.0. The van der Waals surface area contributed by atoms with E-state index in [0.29, 0.717) is 6.04 Å². The van der Waals surface area contributed by atoms with Crippen molar-refractivity contribution in [2.24, 2.45) is 11.8 Å². The second-order valence-corrected chi connectivity index (χ2v) is 6.50. The summed E-state index contributed by atoms with van der Waals surface area (Å²) in [7, 11) is 0. The smallest absolute Gasteiger partial charge is 0.0593 e. The highest BCUT2D eigenvalue weighted by atomic mass is 16.5. The molecule has 1 aliphatic heterocycles. The Morgan fingerprint density at radius 2 is 2.06 bits per heavy atom. The van der Waals surface area contributed by atoms with E-state index in [1.54, 1.807) is 0 Å². The maximum absolute atomic E-state index is 5.77. The highest BCUT2D eigenvalue weighted by Crippen LogP contribution is 2.36. The molecule has 1 aliphatic carbocycles. The van der Waals surface area contributed by atoms with Gasteiger partial charge in [-0.05, 0) is 38.0 Å². The largest absolute Gasteiger partial charge is 0.380 e. The minimum absolute atomic E-state index is 0.635. The van der Waals surface area contributed by atoms with Crippen LogP contribution in [-0.4, -0.2) is 49.8 Å². The van der Waals surface area contributed by atoms with Gasteiger partial charge in [-0.25, -0.2) is 0 Å². The Morgan fingerprint density at radius 1 is 1.28 bits per heavy atom. The van der Waals surface area contributed by atoms with Crippen LogP contribution in [0, 0.1) is 11.8 Å². The van der Waals surface area contributed by atoms with Crippen molar-refractivity contribution in [3.63, 3.8) is 0 Å². The standard InChI is InChI=1S/C15H30N2O/c1-12(2)6-8-18-9-7-17-11-13(3)16-10-15(17)14-4-5-14/h12-16H,4-11H2,1-3H3. The number of piperazine rings is 1. The third-order valence-corrected chi connectivity index (χ3v) is 4.18. The molecule has 0 spiro atoms. The van der Waals surface area contributed by atoms with Gasteiger partial charge in [0, 0.05) is 38.3 Å². The fourth-order valence-corrected chi connectivity index (χ4v) is 2.81. The van der Waals surface area contributed by atoms with E-state index in [2.05, 4.69) is 31.0 Å². The summed E-state index contributed by atoms with van der Waals surface area (Å²) in [5.74, 6) is 1.71. The molecule has 2 fully saturated rings. The number of nitrogens with one attached hydrogen (secondary N) is 1. The number of nitrogens with zero attached hydrogens (tertiary/aromatic N) is 1. The molecule has 0 amide bonds. The Bertz CT molecular complexity index is 241. The second-order valence-electron chi connectivity index (χ2n) is 6.50. The van der Waals surface area contributed by atoms with Crippen molar-refractivity contribution in [3.8, 4) is 0 Å². The lowest BCUT2D eigenvalue weighted by atomic mass is 10.1. The predicted octanol–water partition coefficient (Wildman–Crippen LogP) is 2.12. The summed E-state index contributed by atoms with van der Waals surface area (Å²) in [6.45, 7) is 12.1. The first kappa shape index (κ1) is 14.3. The molecule has 1 saturated carbocycles. The first-order valence-corrected chi connectivity index (χ1v) is 7.72. The molecule has 0 aromatic rings. The van der Waals surface area contributed by atoms with Crippen molar-refractivity contribution in [1.29, 1.82) is 0 Å². The van der Waals surface area contributed by atoms with E-state index in [1.165, 1.54) is 32.4 Å². The molecule has 1 N–H and O–H groups in total. The first-order chi connectivity index (χ1) is 8.66. The van der Waals surface area contributed by atoms with E-state index in [-0.39, 0.29) is 0 Å². The van der Waals surface area contributed by atoms with E-state index >= 15 is 0 Å². The molecule has 0 bridgehead atoms. The average molecular weight is 254 g/mol. The predicted molar refractivity (Wildman–Crippen MR) is 75.8 cm³/mol. The Balaban J connectivity index is 1.65. The quantitative estimate of drug-likeness (QED) is 0.704. The SMILES string of the molecule is CC(C)CCOCCN1CC(C)NCC1C1CC1. The number of ether oxygens (including phenoxy) is 1. The van der Waals surface area contributed by atoms with Gasteiger partial charge in [0.15, 0.2) is 0 Å². The van der Waals surface area contributed by atoms with Crippen LogP contribution in [0.2, 0.25) is 0 Å². The number of hydrogen-bond acceptors (Lipinski definition) is 3. The van der Waals surface area contributed by atoms with E-state index in [0.717, 1.165) is 37.6 Å². The zero-order valence-electron chi connectivity index (χ0n) is 12.3. The van der Waals surface area contributed by atoms with E-state index in [4.69, 9.17) is 4.74 Å². The topological polar surface area (TPSA) is 24.5 Å². The number of rotatable bonds is 7. The second kappa shape index (κ2) is 6.88. The molecule has 1 heterocycles. The van der Waals surface area contributed by atoms with Gasteiger partial charge in [-0.3, -0.25) is 4.90 Å². The van der Waals surface area contributed by atoms with Crippen molar-refractivity contribution in [2.45, 2.75) is 52.1 Å². The highest BCUT2D eigenvalue weighted by molar-refractivity contribution is 4.94. The van der Waals surface area contributed by atoms with Gasteiger partial charge in [0.25, 0.3) is 0 Å². The van der Waals surface area contributed by atoms with E-state index in [1.807, 2.05) is 0 Å². The van der Waals surface area contributed by atoms with Gasteiger partial charge in [-0.1, -0.05) is 13.8 Å². The van der Waals surface area contributed by atoms with Gasteiger partial charge in [0.05, 0.1) is 6.61 Å². The summed E-state index contributed by atoms with van der Waals surface area (Å²) >= 11 is 0. The fraction of sp³-hybridized carbons (Fsp3) is 1.00. The molecule has 0 radical (unpaired) electrons. The van der Waals surface area contributed by atoms with Crippen molar-refractivity contribution in [2.75, 3.05) is 32.8 Å². The van der Waals surface area contributed by atoms with Gasteiger partial charge >= 0.3 is 0 Å². The van der Waals surface area contributed by atoms with Crippen LogP contribution in [0.5, 0.6) is 0 Å². The van der Waals surface area contributed by atoms with Crippen LogP contribution in [0.3, 0.4) is 0 Å². The Hall–Kier alpha value is -0.120. The van der Waals surface area contributed by atoms with Gasteiger partial charge in [0.2, 0.25) is 0 Å². The zero-order valence-corrected chi connectivity index (χ0v) is 12.3. The lowest BCUT2D eigenvalue weighted by Gasteiger charge is -2.39. The molecule has 1 saturated heterocycles. The van der Waals surface area contributed by atoms with Crippen LogP contribution in [0.15, 0.2) is 0 Å². The molecule has 18 heavy (non-hydrogen) atoms. The third-order valence-electron chi connectivity index (χ3n) is 4.18. The molecular formula is C15H30N2O. The third kappa shape index (κ3) is 4.52. The van der Waals surface area contributed by atoms with E-state index < -0.39 is 0 Å². The molecule has 3 heteroatoms. The van der Waals surface area contributed by atoms with E-state index in [9.17, 15) is 0 Å². The van der Waals surface area contributed by atoms with Gasteiger partial charge in [-0.15, -0.1) is 0 Å². The summed E-state index contributed by atoms with van der Waals surface area (Å²) in [6, 6.07) is 1.41. The molecule has 0 aromatic carbocycles. The minimum Gasteiger partial charge on any atom is -0.380 e. The monoisotopic (exact) mass is 254 g/mol. The van der Waals surface area contributed by atoms with Crippen molar-refractivity contribution < 1.29 is 4.74 Å². The molecule has 3 nitrogen and oxygen atoms in total. The Morgan fingerprint density at radius 3 is 2.72 bits per heavy atom. The molecule has 2 rings (SSSR count). The molecular weight excluding hydrogens is 224 g/mol. The maximum atomic E-state index is 5.77. The molecule has 2 atom stereocenters. The van der Waals surface area contributed by atoms with Crippen LogP contribution < -0.4 is 5.32 Å². The Kier molecular flexibility index (Phi) is 5.46. The highest BCUT2D eigenvalue weighted by Gasteiger charge is 2.37. The zero-order chi connectivity index (χ0) is 13.0. The summed E-state index contributed by atoms with van der Waals surface area (Å²) in [5, 5.41) is 3.62. The van der Waals surface area contributed by atoms with Gasteiger partial charge in [-0.2, -0.15) is 0 Å². The molecule has 0 aromatic heterocycles.